The summed E-state index contributed by atoms with van der Waals surface area (Å²) in [6.45, 7) is 1.33. The van der Waals surface area contributed by atoms with Crippen molar-refractivity contribution in [3.05, 3.63) is 52.2 Å². The second-order valence-corrected chi connectivity index (χ2v) is 9.96. The number of rotatable bonds is 7. The Morgan fingerprint density at radius 1 is 1.06 bits per heavy atom. The summed E-state index contributed by atoms with van der Waals surface area (Å²) >= 11 is 1.76. The Morgan fingerprint density at radius 2 is 1.84 bits per heavy atom. The summed E-state index contributed by atoms with van der Waals surface area (Å²) in [5.41, 5.74) is 1.20. The molecule has 2 heterocycles. The number of carbonyl (C=O) groups excluding carboxylic acids is 2. The van der Waals surface area contributed by atoms with Crippen molar-refractivity contribution in [2.45, 2.75) is 57.0 Å². The molecule has 0 spiro atoms. The predicted octanol–water partition coefficient (Wildman–Crippen LogP) is 4.43. The summed E-state index contributed by atoms with van der Waals surface area (Å²) in [5, 5.41) is 2.11. The number of ether oxygens (including phenoxy) is 1. The predicted molar refractivity (Wildman–Crippen MR) is 121 cm³/mol. The molecule has 2 fully saturated rings. The molecule has 1 aliphatic heterocycles. The monoisotopic (exact) mass is 438 g/mol. The average molecular weight is 439 g/mol. The van der Waals surface area contributed by atoms with Gasteiger partial charge in [-0.3, -0.25) is 9.59 Å². The normalized spacial score (nSPS) is 21.0. The maximum Gasteiger partial charge on any atom is 0.242 e. The van der Waals surface area contributed by atoms with E-state index in [1.807, 2.05) is 40.1 Å². The highest BCUT2D eigenvalue weighted by atomic mass is 32.1. The van der Waals surface area contributed by atoms with Crippen LogP contribution in [-0.2, 0) is 16.0 Å². The zero-order chi connectivity index (χ0) is 21.2. The summed E-state index contributed by atoms with van der Waals surface area (Å²) in [5.74, 6) is 1.19. The molecule has 3 aliphatic rings. The van der Waals surface area contributed by atoms with Gasteiger partial charge in [0.15, 0.2) is 0 Å². The van der Waals surface area contributed by atoms with E-state index in [1.54, 1.807) is 11.3 Å². The molecule has 0 saturated heterocycles. The van der Waals surface area contributed by atoms with Gasteiger partial charge < -0.3 is 14.5 Å². The molecule has 6 heteroatoms. The van der Waals surface area contributed by atoms with E-state index in [1.165, 1.54) is 10.4 Å². The number of hydrogen-bond donors (Lipinski definition) is 0. The van der Waals surface area contributed by atoms with Crippen molar-refractivity contribution in [3.8, 4) is 5.75 Å². The van der Waals surface area contributed by atoms with Crippen LogP contribution < -0.4 is 4.74 Å². The van der Waals surface area contributed by atoms with Crippen LogP contribution in [0.15, 0.2) is 41.8 Å². The highest BCUT2D eigenvalue weighted by Crippen LogP contribution is 2.36. The SMILES string of the molecule is O=C(C1CCCC1)N(CC(=O)N1CCc2sccc2[C@H]1COc1ccccc1)C1CC1. The summed E-state index contributed by atoms with van der Waals surface area (Å²) in [6.07, 6.45) is 7.16. The van der Waals surface area contributed by atoms with Gasteiger partial charge in [-0.15, -0.1) is 11.3 Å². The van der Waals surface area contributed by atoms with Crippen molar-refractivity contribution in [1.29, 1.82) is 0 Å². The first kappa shape index (κ1) is 20.6. The number of benzene rings is 1. The Kier molecular flexibility index (Phi) is 5.99. The van der Waals surface area contributed by atoms with Gasteiger partial charge in [-0.05, 0) is 61.2 Å². The molecule has 5 nitrogen and oxygen atoms in total. The van der Waals surface area contributed by atoms with Gasteiger partial charge in [0.2, 0.25) is 11.8 Å². The standard InChI is InChI=1S/C25H30N2O3S/c28-24(16-27(19-10-11-19)25(29)18-6-4-5-7-18)26-14-12-23-21(13-15-31-23)22(26)17-30-20-8-2-1-3-9-20/h1-3,8-9,13,15,18-19,22H,4-7,10-12,14,16-17H2/t22-/m1/s1. The lowest BCUT2D eigenvalue weighted by molar-refractivity contribution is -0.145. The lowest BCUT2D eigenvalue weighted by atomic mass is 10.00. The van der Waals surface area contributed by atoms with E-state index < -0.39 is 0 Å². The number of amides is 2. The fraction of sp³-hybridized carbons (Fsp3) is 0.520. The molecule has 2 aromatic rings. The van der Waals surface area contributed by atoms with Crippen LogP contribution in [0.25, 0.3) is 0 Å². The number of para-hydroxylation sites is 1. The van der Waals surface area contributed by atoms with Crippen LogP contribution in [-0.4, -0.2) is 47.4 Å². The Hall–Kier alpha value is -2.34. The third-order valence-electron chi connectivity index (χ3n) is 6.85. The highest BCUT2D eigenvalue weighted by molar-refractivity contribution is 7.10. The summed E-state index contributed by atoms with van der Waals surface area (Å²) in [7, 11) is 0. The first-order chi connectivity index (χ1) is 15.2. The molecule has 0 radical (unpaired) electrons. The maximum absolute atomic E-state index is 13.5. The van der Waals surface area contributed by atoms with Gasteiger partial charge >= 0.3 is 0 Å². The first-order valence-electron chi connectivity index (χ1n) is 11.5. The molecule has 2 saturated carbocycles. The maximum atomic E-state index is 13.5. The Morgan fingerprint density at radius 3 is 2.58 bits per heavy atom. The molecule has 2 amide bonds. The van der Waals surface area contributed by atoms with Crippen molar-refractivity contribution in [2.24, 2.45) is 5.92 Å². The molecular formula is C25H30N2O3S. The highest BCUT2D eigenvalue weighted by Gasteiger charge is 2.40. The Balaban J connectivity index is 1.31. The lowest BCUT2D eigenvalue weighted by Crippen LogP contribution is -2.49. The summed E-state index contributed by atoms with van der Waals surface area (Å²) in [4.78, 5) is 31.8. The van der Waals surface area contributed by atoms with E-state index in [4.69, 9.17) is 4.74 Å². The molecule has 2 aliphatic carbocycles. The number of nitrogens with zero attached hydrogens (tertiary/aromatic N) is 2. The number of carbonyl (C=O) groups is 2. The van der Waals surface area contributed by atoms with Crippen molar-refractivity contribution in [1.82, 2.24) is 9.80 Å². The van der Waals surface area contributed by atoms with Crippen molar-refractivity contribution in [2.75, 3.05) is 19.7 Å². The fourth-order valence-corrected chi connectivity index (χ4v) is 5.91. The Labute approximate surface area is 188 Å². The van der Waals surface area contributed by atoms with Gasteiger partial charge in [-0.2, -0.15) is 0 Å². The van der Waals surface area contributed by atoms with E-state index >= 15 is 0 Å². The van der Waals surface area contributed by atoms with Gasteiger partial charge in [-0.25, -0.2) is 0 Å². The number of hydrogen-bond acceptors (Lipinski definition) is 4. The van der Waals surface area contributed by atoms with Crippen molar-refractivity contribution >= 4 is 23.2 Å². The molecule has 0 N–H and O–H groups in total. The van der Waals surface area contributed by atoms with Gasteiger partial charge in [0.05, 0.1) is 6.04 Å². The lowest BCUT2D eigenvalue weighted by Gasteiger charge is -2.37. The van der Waals surface area contributed by atoms with E-state index in [-0.39, 0.29) is 36.4 Å². The van der Waals surface area contributed by atoms with Crippen LogP contribution in [0.2, 0.25) is 0 Å². The van der Waals surface area contributed by atoms with Gasteiger partial charge in [-0.1, -0.05) is 31.0 Å². The zero-order valence-corrected chi connectivity index (χ0v) is 18.7. The van der Waals surface area contributed by atoms with Gasteiger partial charge in [0.1, 0.15) is 18.9 Å². The first-order valence-corrected chi connectivity index (χ1v) is 12.4. The average Bonchev–Trinajstić information content (AvgIpc) is 3.27. The zero-order valence-electron chi connectivity index (χ0n) is 17.9. The minimum atomic E-state index is -0.106. The van der Waals surface area contributed by atoms with Crippen LogP contribution >= 0.6 is 11.3 Å². The Bertz CT molecular complexity index is 918. The molecule has 31 heavy (non-hydrogen) atoms. The minimum Gasteiger partial charge on any atom is -0.491 e. The summed E-state index contributed by atoms with van der Waals surface area (Å²) in [6, 6.07) is 12.0. The number of fused-ring (bicyclic) bond motifs is 1. The largest absolute Gasteiger partial charge is 0.491 e. The topological polar surface area (TPSA) is 49.9 Å². The third kappa shape index (κ3) is 4.49. The molecule has 1 aromatic heterocycles. The molecule has 1 aromatic carbocycles. The van der Waals surface area contributed by atoms with Crippen LogP contribution in [0.1, 0.15) is 55.0 Å². The van der Waals surface area contributed by atoms with E-state index in [0.717, 1.165) is 50.7 Å². The third-order valence-corrected chi connectivity index (χ3v) is 7.84. The smallest absolute Gasteiger partial charge is 0.242 e. The van der Waals surface area contributed by atoms with Gasteiger partial charge in [0, 0.05) is 23.4 Å². The van der Waals surface area contributed by atoms with Crippen LogP contribution in [0.4, 0.5) is 0 Å². The molecule has 164 valence electrons. The summed E-state index contributed by atoms with van der Waals surface area (Å²) < 4.78 is 6.08. The molecule has 1 atom stereocenters. The molecule has 5 rings (SSSR count). The quantitative estimate of drug-likeness (QED) is 0.642. The van der Waals surface area contributed by atoms with E-state index in [2.05, 4.69) is 11.4 Å². The molecule has 0 bridgehead atoms. The van der Waals surface area contributed by atoms with Crippen molar-refractivity contribution in [3.63, 3.8) is 0 Å². The molecular weight excluding hydrogens is 408 g/mol. The van der Waals surface area contributed by atoms with Crippen molar-refractivity contribution < 1.29 is 14.3 Å². The van der Waals surface area contributed by atoms with E-state index in [9.17, 15) is 9.59 Å². The second-order valence-electron chi connectivity index (χ2n) is 8.95. The second kappa shape index (κ2) is 9.03. The number of thiophene rings is 1. The van der Waals surface area contributed by atoms with E-state index in [0.29, 0.717) is 13.2 Å². The van der Waals surface area contributed by atoms with Gasteiger partial charge in [0.25, 0.3) is 0 Å². The van der Waals surface area contributed by atoms with Crippen LogP contribution in [0, 0.1) is 5.92 Å². The van der Waals surface area contributed by atoms with Crippen LogP contribution in [0.3, 0.4) is 0 Å². The minimum absolute atomic E-state index is 0.0526. The molecule has 0 unspecified atom stereocenters. The van der Waals surface area contributed by atoms with Crippen LogP contribution in [0.5, 0.6) is 5.75 Å². The fourth-order valence-electron chi connectivity index (χ4n) is 4.98.